The van der Waals surface area contributed by atoms with E-state index < -0.39 is 22.9 Å². The van der Waals surface area contributed by atoms with Gasteiger partial charge in [0.2, 0.25) is 0 Å². The molecule has 2 rings (SSSR count). The molecule has 2 atom stereocenters. The van der Waals surface area contributed by atoms with Gasteiger partial charge in [-0.2, -0.15) is 5.10 Å². The number of hydrogen-bond donors (Lipinski definition) is 1. The Balaban J connectivity index is 2.08. The molecule has 1 aromatic carbocycles. The van der Waals surface area contributed by atoms with Crippen molar-refractivity contribution in [2.75, 3.05) is 11.6 Å². The Morgan fingerprint density at radius 2 is 2.07 bits per heavy atom. The number of amides is 1. The van der Waals surface area contributed by atoms with E-state index >= 15 is 0 Å². The second kappa shape index (κ2) is 9.36. The Bertz CT molecular complexity index is 883. The van der Waals surface area contributed by atoms with E-state index in [-0.39, 0.29) is 17.3 Å². The predicted molar refractivity (Wildman–Crippen MR) is 106 cm³/mol. The molecule has 1 N–H and O–H groups in total. The molecule has 1 amide bonds. The van der Waals surface area contributed by atoms with Crippen molar-refractivity contribution in [3.05, 3.63) is 46.1 Å². The van der Waals surface area contributed by atoms with Gasteiger partial charge in [-0.1, -0.05) is 6.92 Å². The molecular formula is C18H22N4O5S. The van der Waals surface area contributed by atoms with E-state index in [4.69, 9.17) is 4.74 Å². The SMILES string of the molecule is CC[C@H](C)n1nccc1NC(=O)[C@H](C)OC(=O)c1ccc(SC)c([N+](=O)[O-])c1. The number of carbonyl (C=O) groups is 2. The van der Waals surface area contributed by atoms with Gasteiger partial charge in [-0.25, -0.2) is 9.48 Å². The van der Waals surface area contributed by atoms with Gasteiger partial charge in [-0.05, 0) is 38.7 Å². The van der Waals surface area contributed by atoms with Gasteiger partial charge in [-0.15, -0.1) is 11.8 Å². The van der Waals surface area contributed by atoms with Gasteiger partial charge in [0.15, 0.2) is 6.10 Å². The van der Waals surface area contributed by atoms with Crippen molar-refractivity contribution in [3.63, 3.8) is 0 Å². The van der Waals surface area contributed by atoms with E-state index in [0.29, 0.717) is 10.7 Å². The third-order valence-electron chi connectivity index (χ3n) is 4.19. The highest BCUT2D eigenvalue weighted by atomic mass is 32.2. The number of nitro benzene ring substituents is 1. The summed E-state index contributed by atoms with van der Waals surface area (Å²) in [4.78, 5) is 35.7. The molecule has 0 saturated carbocycles. The van der Waals surface area contributed by atoms with Crippen LogP contribution in [0.25, 0.3) is 0 Å². The van der Waals surface area contributed by atoms with E-state index in [1.807, 2.05) is 13.8 Å². The molecule has 10 heteroatoms. The van der Waals surface area contributed by atoms with Crippen LogP contribution in [0.3, 0.4) is 0 Å². The fourth-order valence-electron chi connectivity index (χ4n) is 2.41. The lowest BCUT2D eigenvalue weighted by atomic mass is 10.2. The van der Waals surface area contributed by atoms with Crippen LogP contribution in [-0.4, -0.2) is 38.9 Å². The van der Waals surface area contributed by atoms with Crippen LogP contribution in [0, 0.1) is 10.1 Å². The molecule has 2 aromatic rings. The Labute approximate surface area is 166 Å². The number of ether oxygens (including phenoxy) is 1. The number of benzene rings is 1. The first kappa shape index (κ1) is 21.4. The van der Waals surface area contributed by atoms with Crippen molar-refractivity contribution in [1.82, 2.24) is 9.78 Å². The Morgan fingerprint density at radius 3 is 2.68 bits per heavy atom. The van der Waals surface area contributed by atoms with Crippen LogP contribution in [0.4, 0.5) is 11.5 Å². The molecule has 28 heavy (non-hydrogen) atoms. The highest BCUT2D eigenvalue weighted by molar-refractivity contribution is 7.98. The minimum absolute atomic E-state index is 0.00815. The van der Waals surface area contributed by atoms with E-state index in [1.54, 1.807) is 23.2 Å². The number of carbonyl (C=O) groups excluding carboxylic acids is 2. The summed E-state index contributed by atoms with van der Waals surface area (Å²) in [6.07, 6.45) is 3.02. The van der Waals surface area contributed by atoms with Gasteiger partial charge in [0.05, 0.1) is 27.6 Å². The molecule has 1 heterocycles. The Morgan fingerprint density at radius 1 is 1.36 bits per heavy atom. The van der Waals surface area contributed by atoms with E-state index in [2.05, 4.69) is 10.4 Å². The van der Waals surface area contributed by atoms with Gasteiger partial charge in [0, 0.05) is 12.1 Å². The smallest absolute Gasteiger partial charge is 0.339 e. The topological polar surface area (TPSA) is 116 Å². The number of hydrogen-bond acceptors (Lipinski definition) is 7. The van der Waals surface area contributed by atoms with Gasteiger partial charge in [-0.3, -0.25) is 14.9 Å². The van der Waals surface area contributed by atoms with Gasteiger partial charge >= 0.3 is 5.97 Å². The third-order valence-corrected chi connectivity index (χ3v) is 4.98. The first-order chi connectivity index (χ1) is 13.3. The van der Waals surface area contributed by atoms with E-state index in [9.17, 15) is 19.7 Å². The first-order valence-electron chi connectivity index (χ1n) is 8.66. The summed E-state index contributed by atoms with van der Waals surface area (Å²) >= 11 is 1.20. The summed E-state index contributed by atoms with van der Waals surface area (Å²) in [5.74, 6) is -0.829. The summed E-state index contributed by atoms with van der Waals surface area (Å²) < 4.78 is 6.85. The van der Waals surface area contributed by atoms with Crippen molar-refractivity contribution in [3.8, 4) is 0 Å². The second-order valence-electron chi connectivity index (χ2n) is 6.10. The summed E-state index contributed by atoms with van der Waals surface area (Å²) in [5.41, 5.74) is -0.176. The molecule has 0 radical (unpaired) electrons. The third kappa shape index (κ3) is 4.89. The molecule has 0 aliphatic carbocycles. The highest BCUT2D eigenvalue weighted by Crippen LogP contribution is 2.28. The summed E-state index contributed by atoms with van der Waals surface area (Å²) in [6.45, 7) is 5.41. The maximum atomic E-state index is 12.4. The highest BCUT2D eigenvalue weighted by Gasteiger charge is 2.23. The van der Waals surface area contributed by atoms with Crippen LogP contribution in [-0.2, 0) is 9.53 Å². The van der Waals surface area contributed by atoms with Crippen molar-refractivity contribution >= 4 is 35.1 Å². The molecule has 0 fully saturated rings. The molecule has 0 aliphatic rings. The molecule has 0 aliphatic heterocycles. The van der Waals surface area contributed by atoms with Gasteiger partial charge in [0.25, 0.3) is 11.6 Å². The summed E-state index contributed by atoms with van der Waals surface area (Å²) in [6, 6.07) is 5.82. The number of nitrogens with one attached hydrogen (secondary N) is 1. The maximum Gasteiger partial charge on any atom is 0.339 e. The normalized spacial score (nSPS) is 12.9. The average molecular weight is 406 g/mol. The molecule has 0 spiro atoms. The van der Waals surface area contributed by atoms with Crippen molar-refractivity contribution in [2.24, 2.45) is 0 Å². The molecule has 0 saturated heterocycles. The zero-order chi connectivity index (χ0) is 20.8. The summed E-state index contributed by atoms with van der Waals surface area (Å²) in [5, 5.41) is 18.0. The van der Waals surface area contributed by atoms with Crippen molar-refractivity contribution in [1.29, 1.82) is 0 Å². The van der Waals surface area contributed by atoms with Crippen molar-refractivity contribution in [2.45, 2.75) is 44.2 Å². The quantitative estimate of drug-likeness (QED) is 0.308. The Kier molecular flexibility index (Phi) is 7.16. The number of anilines is 1. The van der Waals surface area contributed by atoms with Gasteiger partial charge in [0.1, 0.15) is 5.82 Å². The number of esters is 1. The fraction of sp³-hybridized carbons (Fsp3) is 0.389. The zero-order valence-corrected chi connectivity index (χ0v) is 16.9. The van der Waals surface area contributed by atoms with Crippen LogP contribution >= 0.6 is 11.8 Å². The molecular weight excluding hydrogens is 384 g/mol. The Hall–Kier alpha value is -2.88. The monoisotopic (exact) mass is 406 g/mol. The summed E-state index contributed by atoms with van der Waals surface area (Å²) in [7, 11) is 0. The lowest BCUT2D eigenvalue weighted by molar-refractivity contribution is -0.387. The average Bonchev–Trinajstić information content (AvgIpc) is 3.14. The fourth-order valence-corrected chi connectivity index (χ4v) is 2.95. The number of thioether (sulfide) groups is 1. The van der Waals surface area contributed by atoms with Crippen molar-refractivity contribution < 1.29 is 19.2 Å². The predicted octanol–water partition coefficient (Wildman–Crippen LogP) is 3.67. The number of nitrogens with zero attached hydrogens (tertiary/aromatic N) is 3. The first-order valence-corrected chi connectivity index (χ1v) is 9.88. The van der Waals surface area contributed by atoms with Gasteiger partial charge < -0.3 is 10.1 Å². The number of aromatic nitrogens is 2. The molecule has 0 unspecified atom stereocenters. The minimum atomic E-state index is -1.09. The van der Waals surface area contributed by atoms with Crippen LogP contribution in [0.5, 0.6) is 0 Å². The lowest BCUT2D eigenvalue weighted by Crippen LogP contribution is -2.31. The second-order valence-corrected chi connectivity index (χ2v) is 6.95. The van der Waals surface area contributed by atoms with Crippen LogP contribution in [0.15, 0.2) is 35.4 Å². The van der Waals surface area contributed by atoms with Crippen LogP contribution in [0.1, 0.15) is 43.6 Å². The lowest BCUT2D eigenvalue weighted by Gasteiger charge is -2.17. The molecule has 150 valence electrons. The van der Waals surface area contributed by atoms with E-state index in [0.717, 1.165) is 12.5 Å². The minimum Gasteiger partial charge on any atom is -0.449 e. The number of nitro groups is 1. The van der Waals surface area contributed by atoms with E-state index in [1.165, 1.54) is 30.8 Å². The van der Waals surface area contributed by atoms with Crippen LogP contribution in [0.2, 0.25) is 0 Å². The maximum absolute atomic E-state index is 12.4. The number of rotatable bonds is 8. The zero-order valence-electron chi connectivity index (χ0n) is 16.0. The molecule has 9 nitrogen and oxygen atoms in total. The largest absolute Gasteiger partial charge is 0.449 e. The molecule has 0 bridgehead atoms. The molecule has 1 aromatic heterocycles. The van der Waals surface area contributed by atoms with Crippen LogP contribution < -0.4 is 5.32 Å². The standard InChI is InChI=1S/C18H22N4O5S/c1-5-11(2)21-16(8-9-19-21)20-17(23)12(3)27-18(24)13-6-7-15(28-4)14(10-13)22(25)26/h6-12H,5H2,1-4H3,(H,20,23)/t11-,12-/m0/s1.